The summed E-state index contributed by atoms with van der Waals surface area (Å²) in [5.74, 6) is -0.629. The number of alkyl halides is 3. The van der Waals surface area contributed by atoms with Gasteiger partial charge in [0.1, 0.15) is 0 Å². The molecule has 0 saturated carbocycles. The van der Waals surface area contributed by atoms with E-state index in [1.165, 1.54) is 6.07 Å². The van der Waals surface area contributed by atoms with Crippen molar-refractivity contribution in [3.63, 3.8) is 0 Å². The van der Waals surface area contributed by atoms with Crippen molar-refractivity contribution >= 4 is 21.0 Å². The highest BCUT2D eigenvalue weighted by Gasteiger charge is 2.48. The maximum atomic E-state index is 12.6. The maximum Gasteiger partial charge on any atom is 0.534 e. The molecule has 0 aliphatic carbocycles. The number of hydrogen-bond acceptors (Lipinski definition) is 4. The van der Waals surface area contributed by atoms with E-state index in [0.717, 1.165) is 16.7 Å². The number of nitrogens with zero attached hydrogens (tertiary/aromatic N) is 1. The largest absolute Gasteiger partial charge is 0.534 e. The lowest BCUT2D eigenvalue weighted by Gasteiger charge is -2.13. The third kappa shape index (κ3) is 3.50. The number of para-hydroxylation sites is 1. The molecule has 3 aromatic rings. The first-order valence-electron chi connectivity index (χ1n) is 7.56. The van der Waals surface area contributed by atoms with Crippen LogP contribution in [0.1, 0.15) is 11.1 Å². The van der Waals surface area contributed by atoms with Gasteiger partial charge in [-0.05, 0) is 31.0 Å². The Balaban J connectivity index is 2.22. The number of rotatable bonds is 3. The van der Waals surface area contributed by atoms with E-state index < -0.39 is 21.5 Å². The number of fused-ring (bicyclic) bond motifs is 1. The van der Waals surface area contributed by atoms with E-state index in [2.05, 4.69) is 9.17 Å². The monoisotopic (exact) mass is 381 g/mol. The number of aromatic nitrogens is 1. The van der Waals surface area contributed by atoms with Crippen molar-refractivity contribution in [1.29, 1.82) is 0 Å². The number of benzene rings is 2. The molecule has 8 heteroatoms. The number of halogens is 3. The summed E-state index contributed by atoms with van der Waals surface area (Å²) in [7, 11) is -5.80. The molecule has 0 radical (unpaired) electrons. The fourth-order valence-corrected chi connectivity index (χ4v) is 3.13. The molecule has 136 valence electrons. The standard InChI is InChI=1S/C18H14F3NO3S/c1-11-7-12(2)9-13(8-11)15-10-17(25-26(23,24)18(19,20)21)22-16-6-4-3-5-14(15)16/h3-10H,1-2H3. The lowest BCUT2D eigenvalue weighted by Crippen LogP contribution is -2.28. The normalized spacial score (nSPS) is 12.3. The van der Waals surface area contributed by atoms with Crippen LogP contribution in [0.25, 0.3) is 22.0 Å². The van der Waals surface area contributed by atoms with E-state index in [0.29, 0.717) is 16.5 Å². The molecular formula is C18H14F3NO3S. The maximum absolute atomic E-state index is 12.6. The van der Waals surface area contributed by atoms with Crippen LogP contribution in [0.15, 0.2) is 48.5 Å². The highest BCUT2D eigenvalue weighted by atomic mass is 32.2. The molecule has 0 fully saturated rings. The van der Waals surface area contributed by atoms with E-state index >= 15 is 0 Å². The second kappa shape index (κ2) is 6.28. The predicted octanol–water partition coefficient (Wildman–Crippen LogP) is 4.75. The lowest BCUT2D eigenvalue weighted by atomic mass is 9.98. The van der Waals surface area contributed by atoms with E-state index in [-0.39, 0.29) is 0 Å². The minimum absolute atomic E-state index is 0.330. The van der Waals surface area contributed by atoms with Gasteiger partial charge in [0.25, 0.3) is 0 Å². The van der Waals surface area contributed by atoms with Crippen molar-refractivity contribution in [3.05, 3.63) is 59.7 Å². The number of pyridine rings is 1. The van der Waals surface area contributed by atoms with Gasteiger partial charge in [0.15, 0.2) is 0 Å². The second-order valence-electron chi connectivity index (χ2n) is 5.88. The van der Waals surface area contributed by atoms with Crippen LogP contribution in [0, 0.1) is 13.8 Å². The third-order valence-electron chi connectivity index (χ3n) is 3.70. The summed E-state index contributed by atoms with van der Waals surface area (Å²) < 4.78 is 64.8. The van der Waals surface area contributed by atoms with Gasteiger partial charge in [0.05, 0.1) is 5.52 Å². The molecule has 0 unspecified atom stereocenters. The Kier molecular flexibility index (Phi) is 4.39. The van der Waals surface area contributed by atoms with Crippen molar-refractivity contribution in [2.45, 2.75) is 19.4 Å². The second-order valence-corrected chi connectivity index (χ2v) is 7.42. The van der Waals surface area contributed by atoms with E-state index in [4.69, 9.17) is 0 Å². The van der Waals surface area contributed by atoms with Gasteiger partial charge in [-0.25, -0.2) is 4.98 Å². The lowest BCUT2D eigenvalue weighted by molar-refractivity contribution is -0.0501. The Morgan fingerprint density at radius 2 is 1.58 bits per heavy atom. The molecule has 0 aliphatic rings. The zero-order valence-corrected chi connectivity index (χ0v) is 14.6. The zero-order chi connectivity index (χ0) is 19.1. The average Bonchev–Trinajstić information content (AvgIpc) is 2.51. The molecule has 0 atom stereocenters. The summed E-state index contributed by atoms with van der Waals surface area (Å²) in [6.07, 6.45) is 0. The highest BCUT2D eigenvalue weighted by molar-refractivity contribution is 7.87. The molecule has 2 aromatic carbocycles. The topological polar surface area (TPSA) is 56.3 Å². The molecule has 4 nitrogen and oxygen atoms in total. The molecule has 1 aromatic heterocycles. The van der Waals surface area contributed by atoms with Crippen molar-refractivity contribution in [3.8, 4) is 17.0 Å². The van der Waals surface area contributed by atoms with Crippen LogP contribution >= 0.6 is 0 Å². The van der Waals surface area contributed by atoms with Gasteiger partial charge in [-0.1, -0.05) is 47.5 Å². The van der Waals surface area contributed by atoms with Gasteiger partial charge < -0.3 is 4.18 Å². The summed E-state index contributed by atoms with van der Waals surface area (Å²) in [6, 6.07) is 13.6. The Hall–Kier alpha value is -2.61. The van der Waals surface area contributed by atoms with Crippen molar-refractivity contribution < 1.29 is 25.8 Å². The molecule has 0 spiro atoms. The van der Waals surface area contributed by atoms with Crippen LogP contribution in [0.2, 0.25) is 0 Å². The first kappa shape index (κ1) is 18.2. The van der Waals surface area contributed by atoms with Gasteiger partial charge in [-0.3, -0.25) is 0 Å². The smallest absolute Gasteiger partial charge is 0.355 e. The molecule has 26 heavy (non-hydrogen) atoms. The summed E-state index contributed by atoms with van der Waals surface area (Å²) in [4.78, 5) is 3.90. The van der Waals surface area contributed by atoms with Crippen LogP contribution < -0.4 is 4.18 Å². The van der Waals surface area contributed by atoms with E-state index in [1.54, 1.807) is 24.3 Å². The molecule has 0 aliphatic heterocycles. The van der Waals surface area contributed by atoms with Crippen LogP contribution in [-0.4, -0.2) is 18.9 Å². The Labute approximate surface area is 148 Å². The molecule has 3 rings (SSSR count). The minimum Gasteiger partial charge on any atom is -0.355 e. The van der Waals surface area contributed by atoms with Crippen LogP contribution in [0.3, 0.4) is 0 Å². The quantitative estimate of drug-likeness (QED) is 0.485. The number of aryl methyl sites for hydroxylation is 2. The molecule has 0 saturated heterocycles. The van der Waals surface area contributed by atoms with Crippen LogP contribution in [-0.2, 0) is 10.1 Å². The van der Waals surface area contributed by atoms with Gasteiger partial charge in [0.2, 0.25) is 5.88 Å². The first-order chi connectivity index (χ1) is 12.1. The molecular weight excluding hydrogens is 367 g/mol. The Morgan fingerprint density at radius 3 is 2.19 bits per heavy atom. The fourth-order valence-electron chi connectivity index (χ4n) is 2.72. The fraction of sp³-hybridized carbons (Fsp3) is 0.167. The minimum atomic E-state index is -5.80. The SMILES string of the molecule is Cc1cc(C)cc(-c2cc(OS(=O)(=O)C(F)(F)F)nc3ccccc23)c1. The van der Waals surface area contributed by atoms with Crippen LogP contribution in [0.4, 0.5) is 13.2 Å². The van der Waals surface area contributed by atoms with Gasteiger partial charge >= 0.3 is 15.6 Å². The zero-order valence-electron chi connectivity index (χ0n) is 13.8. The summed E-state index contributed by atoms with van der Waals surface area (Å²) in [5.41, 5.74) is -2.00. The van der Waals surface area contributed by atoms with Crippen molar-refractivity contribution in [1.82, 2.24) is 4.98 Å². The van der Waals surface area contributed by atoms with Crippen molar-refractivity contribution in [2.75, 3.05) is 0 Å². The number of hydrogen-bond donors (Lipinski definition) is 0. The van der Waals surface area contributed by atoms with Gasteiger partial charge in [-0.15, -0.1) is 0 Å². The van der Waals surface area contributed by atoms with Gasteiger partial charge in [0, 0.05) is 11.5 Å². The first-order valence-corrected chi connectivity index (χ1v) is 8.97. The van der Waals surface area contributed by atoms with E-state index in [9.17, 15) is 21.6 Å². The molecule has 0 N–H and O–H groups in total. The summed E-state index contributed by atoms with van der Waals surface area (Å²) >= 11 is 0. The Morgan fingerprint density at radius 1 is 0.962 bits per heavy atom. The third-order valence-corrected chi connectivity index (χ3v) is 4.66. The summed E-state index contributed by atoms with van der Waals surface area (Å²) in [5, 5.41) is 0.675. The average molecular weight is 381 g/mol. The molecule has 1 heterocycles. The predicted molar refractivity (Wildman–Crippen MR) is 92.3 cm³/mol. The van der Waals surface area contributed by atoms with Gasteiger partial charge in [-0.2, -0.15) is 21.6 Å². The van der Waals surface area contributed by atoms with E-state index in [1.807, 2.05) is 32.0 Å². The molecule has 0 amide bonds. The molecule has 0 bridgehead atoms. The highest BCUT2D eigenvalue weighted by Crippen LogP contribution is 2.34. The summed E-state index contributed by atoms with van der Waals surface area (Å²) in [6.45, 7) is 3.79. The Bertz CT molecular complexity index is 1070. The van der Waals surface area contributed by atoms with Crippen molar-refractivity contribution in [2.24, 2.45) is 0 Å². The van der Waals surface area contributed by atoms with Crippen LogP contribution in [0.5, 0.6) is 5.88 Å².